The third-order valence-electron chi connectivity index (χ3n) is 2.44. The van der Waals surface area contributed by atoms with Crippen LogP contribution in [0.25, 0.3) is 0 Å². The van der Waals surface area contributed by atoms with E-state index in [4.69, 9.17) is 11.6 Å². The van der Waals surface area contributed by atoms with Crippen LogP contribution in [0.1, 0.15) is 4.88 Å². The molecule has 0 atom stereocenters. The first kappa shape index (κ1) is 14.2. The Hall–Kier alpha value is -2.19. The van der Waals surface area contributed by atoms with E-state index in [1.807, 2.05) is 0 Å². The smallest absolute Gasteiger partial charge is 0.324 e. The van der Waals surface area contributed by atoms with Crippen LogP contribution in [0.15, 0.2) is 30.3 Å². The zero-order valence-corrected chi connectivity index (χ0v) is 11.5. The summed E-state index contributed by atoms with van der Waals surface area (Å²) in [5, 5.41) is 24.4. The molecule has 1 aromatic heterocycles. The third-order valence-corrected chi connectivity index (χ3v) is 3.79. The molecule has 20 heavy (non-hydrogen) atoms. The Morgan fingerprint density at radius 1 is 1.15 bits per heavy atom. The third kappa shape index (κ3) is 3.22. The van der Waals surface area contributed by atoms with E-state index in [2.05, 4.69) is 5.32 Å². The fourth-order valence-corrected chi connectivity index (χ4v) is 2.50. The number of nitrogens with zero attached hydrogens (tertiary/aromatic N) is 2. The van der Waals surface area contributed by atoms with Crippen LogP contribution >= 0.6 is 22.9 Å². The van der Waals surface area contributed by atoms with Crippen LogP contribution in [0.2, 0.25) is 5.02 Å². The van der Waals surface area contributed by atoms with Crippen LogP contribution in [0.3, 0.4) is 0 Å². The van der Waals surface area contributed by atoms with E-state index in [1.165, 1.54) is 24.3 Å². The van der Waals surface area contributed by atoms with Crippen molar-refractivity contribution in [1.82, 2.24) is 0 Å². The monoisotopic (exact) mass is 313 g/mol. The van der Waals surface area contributed by atoms with Crippen molar-refractivity contribution in [1.29, 1.82) is 0 Å². The normalized spacial score (nSPS) is 10.2. The van der Waals surface area contributed by atoms with E-state index in [0.717, 1.165) is 16.2 Å². The molecule has 104 valence electrons. The molecule has 2 rings (SSSR count). The van der Waals surface area contributed by atoms with Crippen LogP contribution in [0, 0.1) is 20.2 Å². The number of nitrogens with one attached hydrogen (secondary N) is 1. The summed E-state index contributed by atoms with van der Waals surface area (Å²) in [7, 11) is 0. The van der Waals surface area contributed by atoms with Crippen LogP contribution in [-0.2, 0) is 6.54 Å². The Labute approximate surface area is 122 Å². The molecule has 1 aromatic carbocycles. The predicted octanol–water partition coefficient (Wildman–Crippen LogP) is 3.83. The van der Waals surface area contributed by atoms with Gasteiger partial charge in [0.25, 0.3) is 5.69 Å². The van der Waals surface area contributed by atoms with E-state index in [0.29, 0.717) is 12.2 Å². The van der Waals surface area contributed by atoms with E-state index in [1.54, 1.807) is 6.07 Å². The highest BCUT2D eigenvalue weighted by Crippen LogP contribution is 2.29. The topological polar surface area (TPSA) is 98.3 Å². The molecule has 7 nitrogen and oxygen atoms in total. The van der Waals surface area contributed by atoms with Gasteiger partial charge in [0.05, 0.1) is 20.6 Å². The van der Waals surface area contributed by atoms with Gasteiger partial charge in [-0.2, -0.15) is 0 Å². The molecule has 0 aliphatic heterocycles. The molecule has 0 amide bonds. The lowest BCUT2D eigenvalue weighted by Gasteiger charge is -2.06. The first-order chi connectivity index (χ1) is 9.47. The van der Waals surface area contributed by atoms with Gasteiger partial charge in [-0.25, -0.2) is 0 Å². The summed E-state index contributed by atoms with van der Waals surface area (Å²) < 4.78 is 0. The molecule has 0 saturated heterocycles. The number of anilines is 1. The van der Waals surface area contributed by atoms with Gasteiger partial charge in [-0.1, -0.05) is 22.9 Å². The van der Waals surface area contributed by atoms with Crippen LogP contribution in [0.4, 0.5) is 16.4 Å². The maximum absolute atomic E-state index is 10.6. The number of thiophene rings is 1. The van der Waals surface area contributed by atoms with Crippen molar-refractivity contribution in [2.24, 2.45) is 0 Å². The standard InChI is InChI=1S/C11H8ClN3O4S/c12-9-5-7(14(16)17)1-3-10(9)13-6-8-2-4-11(20-8)15(18)19/h1-5,13H,6H2. The van der Waals surface area contributed by atoms with Crippen LogP contribution in [0.5, 0.6) is 0 Å². The lowest BCUT2D eigenvalue weighted by molar-refractivity contribution is -0.384. The highest BCUT2D eigenvalue weighted by atomic mass is 35.5. The van der Waals surface area contributed by atoms with Crippen LogP contribution in [-0.4, -0.2) is 9.85 Å². The van der Waals surface area contributed by atoms with Gasteiger partial charge < -0.3 is 5.32 Å². The summed E-state index contributed by atoms with van der Waals surface area (Å²) in [4.78, 5) is 20.9. The fourth-order valence-electron chi connectivity index (χ4n) is 1.50. The summed E-state index contributed by atoms with van der Waals surface area (Å²) in [6.07, 6.45) is 0. The van der Waals surface area contributed by atoms with Gasteiger partial charge in [-0.3, -0.25) is 20.2 Å². The molecule has 0 bridgehead atoms. The van der Waals surface area contributed by atoms with Gasteiger partial charge in [-0.05, 0) is 12.1 Å². The lowest BCUT2D eigenvalue weighted by Crippen LogP contribution is -1.98. The van der Waals surface area contributed by atoms with Crippen molar-refractivity contribution < 1.29 is 9.85 Å². The molecule has 2 aromatic rings. The van der Waals surface area contributed by atoms with Gasteiger partial charge in [0.15, 0.2) is 0 Å². The summed E-state index contributed by atoms with van der Waals surface area (Å²) in [6.45, 7) is 0.357. The number of hydrogen-bond donors (Lipinski definition) is 1. The van der Waals surface area contributed by atoms with Crippen molar-refractivity contribution in [3.8, 4) is 0 Å². The first-order valence-electron chi connectivity index (χ1n) is 5.38. The van der Waals surface area contributed by atoms with Crippen molar-refractivity contribution in [2.75, 3.05) is 5.32 Å². The van der Waals surface area contributed by atoms with Gasteiger partial charge in [0.1, 0.15) is 0 Å². The molecule has 0 saturated carbocycles. The van der Waals surface area contributed by atoms with Crippen molar-refractivity contribution in [3.05, 3.63) is 60.5 Å². The highest BCUT2D eigenvalue weighted by Gasteiger charge is 2.11. The first-order valence-corrected chi connectivity index (χ1v) is 6.58. The van der Waals surface area contributed by atoms with Crippen molar-refractivity contribution >= 4 is 39.3 Å². The number of benzene rings is 1. The molecule has 0 unspecified atom stereocenters. The highest BCUT2D eigenvalue weighted by molar-refractivity contribution is 7.15. The van der Waals surface area contributed by atoms with Gasteiger partial charge >= 0.3 is 5.00 Å². The number of nitro benzene ring substituents is 1. The van der Waals surface area contributed by atoms with E-state index < -0.39 is 9.85 Å². The molecular weight excluding hydrogens is 306 g/mol. The van der Waals surface area contributed by atoms with Gasteiger partial charge in [0.2, 0.25) is 0 Å². The summed E-state index contributed by atoms with van der Waals surface area (Å²) >= 11 is 6.98. The Bertz CT molecular complexity index is 673. The minimum absolute atomic E-state index is 0.0663. The Kier molecular flexibility index (Phi) is 4.16. The molecule has 1 N–H and O–H groups in total. The number of hydrogen-bond acceptors (Lipinski definition) is 6. The largest absolute Gasteiger partial charge is 0.379 e. The van der Waals surface area contributed by atoms with Crippen LogP contribution < -0.4 is 5.32 Å². The van der Waals surface area contributed by atoms with Crippen molar-refractivity contribution in [2.45, 2.75) is 6.54 Å². The van der Waals surface area contributed by atoms with Crippen molar-refractivity contribution in [3.63, 3.8) is 0 Å². The molecular formula is C11H8ClN3O4S. The fraction of sp³-hybridized carbons (Fsp3) is 0.0909. The molecule has 0 aliphatic carbocycles. The minimum Gasteiger partial charge on any atom is -0.379 e. The number of nitro groups is 2. The SMILES string of the molecule is O=[N+]([O-])c1ccc(NCc2ccc([N+](=O)[O-])s2)c(Cl)c1. The lowest BCUT2D eigenvalue weighted by atomic mass is 10.3. The molecule has 9 heteroatoms. The summed E-state index contributed by atoms with van der Waals surface area (Å²) in [6, 6.07) is 7.17. The summed E-state index contributed by atoms with van der Waals surface area (Å²) in [5.41, 5.74) is 0.445. The maximum Gasteiger partial charge on any atom is 0.324 e. The second-order valence-corrected chi connectivity index (χ2v) is 5.33. The second-order valence-electron chi connectivity index (χ2n) is 3.77. The molecule has 0 fully saturated rings. The van der Waals surface area contributed by atoms with E-state index >= 15 is 0 Å². The molecule has 0 spiro atoms. The molecule has 0 aliphatic rings. The van der Waals surface area contributed by atoms with Gasteiger partial charge in [-0.15, -0.1) is 0 Å². The predicted molar refractivity (Wildman–Crippen MR) is 76.4 cm³/mol. The zero-order chi connectivity index (χ0) is 14.7. The molecule has 0 radical (unpaired) electrons. The van der Waals surface area contributed by atoms with E-state index in [-0.39, 0.29) is 15.7 Å². The number of halogens is 1. The number of non-ortho nitro benzene ring substituents is 1. The average molecular weight is 314 g/mol. The second kappa shape index (κ2) is 5.85. The average Bonchev–Trinajstić information content (AvgIpc) is 2.86. The summed E-state index contributed by atoms with van der Waals surface area (Å²) in [5.74, 6) is 0. The Morgan fingerprint density at radius 2 is 1.90 bits per heavy atom. The molecule has 1 heterocycles. The van der Waals surface area contributed by atoms with Gasteiger partial charge in [0, 0.05) is 29.6 Å². The quantitative estimate of drug-likeness (QED) is 0.668. The number of rotatable bonds is 5. The maximum atomic E-state index is 10.6. The Morgan fingerprint density at radius 3 is 2.45 bits per heavy atom. The zero-order valence-electron chi connectivity index (χ0n) is 9.91. The minimum atomic E-state index is -0.529. The Balaban J connectivity index is 2.06. The van der Waals surface area contributed by atoms with E-state index in [9.17, 15) is 20.2 Å².